The largest absolute Gasteiger partial charge is 0.361 e. The van der Waals surface area contributed by atoms with E-state index in [0.717, 1.165) is 18.6 Å². The second-order valence-electron chi connectivity index (χ2n) is 8.01. The standard InChI is InChI=1S/C21H23FN4O4/c1-12-5-17(30-24-12)9-19(27)23-16-7-14(6-15(22)8-16)20(28)26-10-13-3-4-25(2)21(29)18(13)11-26/h5-8,13,18H,3-4,9-11H2,1-2H3,(H,23,27)/t13-,18+/m1/s1. The maximum atomic E-state index is 14.2. The lowest BCUT2D eigenvalue weighted by Crippen LogP contribution is -2.42. The average molecular weight is 414 g/mol. The van der Waals surface area contributed by atoms with Crippen LogP contribution in [0.2, 0.25) is 0 Å². The summed E-state index contributed by atoms with van der Waals surface area (Å²) in [5, 5.41) is 6.31. The number of amides is 3. The summed E-state index contributed by atoms with van der Waals surface area (Å²) in [4.78, 5) is 40.8. The van der Waals surface area contributed by atoms with E-state index in [1.165, 1.54) is 6.07 Å². The third-order valence-corrected chi connectivity index (χ3v) is 5.70. The molecule has 0 bridgehead atoms. The highest BCUT2D eigenvalue weighted by Crippen LogP contribution is 2.32. The Balaban J connectivity index is 1.45. The van der Waals surface area contributed by atoms with Crippen LogP contribution in [0.15, 0.2) is 28.8 Å². The average Bonchev–Trinajstić information content (AvgIpc) is 3.30. The Bertz CT molecular complexity index is 1000. The van der Waals surface area contributed by atoms with Gasteiger partial charge in [0.05, 0.1) is 18.0 Å². The lowest BCUT2D eigenvalue weighted by Gasteiger charge is -2.30. The number of hydrogen-bond acceptors (Lipinski definition) is 5. The smallest absolute Gasteiger partial charge is 0.254 e. The Hall–Kier alpha value is -3.23. The van der Waals surface area contributed by atoms with Crippen LogP contribution in [0.25, 0.3) is 0 Å². The molecule has 1 aromatic carbocycles. The van der Waals surface area contributed by atoms with Crippen LogP contribution in [-0.2, 0) is 16.0 Å². The monoisotopic (exact) mass is 414 g/mol. The molecule has 0 aliphatic carbocycles. The van der Waals surface area contributed by atoms with Gasteiger partial charge in [0.2, 0.25) is 11.8 Å². The van der Waals surface area contributed by atoms with Crippen LogP contribution < -0.4 is 5.32 Å². The number of carbonyl (C=O) groups is 3. The summed E-state index contributed by atoms with van der Waals surface area (Å²) in [5.74, 6) is -0.999. The van der Waals surface area contributed by atoms with Crippen molar-refractivity contribution >= 4 is 23.4 Å². The number of fused-ring (bicyclic) bond motifs is 1. The van der Waals surface area contributed by atoms with Gasteiger partial charge in [-0.3, -0.25) is 14.4 Å². The number of anilines is 1. The number of benzene rings is 1. The zero-order valence-corrected chi connectivity index (χ0v) is 16.9. The van der Waals surface area contributed by atoms with E-state index < -0.39 is 11.7 Å². The van der Waals surface area contributed by atoms with E-state index in [0.29, 0.717) is 31.1 Å². The van der Waals surface area contributed by atoms with Gasteiger partial charge in [0.1, 0.15) is 11.6 Å². The van der Waals surface area contributed by atoms with Crippen molar-refractivity contribution in [2.45, 2.75) is 19.8 Å². The van der Waals surface area contributed by atoms with Crippen LogP contribution in [-0.4, -0.2) is 59.4 Å². The highest BCUT2D eigenvalue weighted by Gasteiger charge is 2.43. The van der Waals surface area contributed by atoms with Crippen LogP contribution in [0.3, 0.4) is 0 Å². The molecule has 2 aliphatic heterocycles. The number of nitrogens with one attached hydrogen (secondary N) is 1. The quantitative estimate of drug-likeness (QED) is 0.824. The zero-order valence-electron chi connectivity index (χ0n) is 16.9. The van der Waals surface area contributed by atoms with E-state index in [4.69, 9.17) is 4.52 Å². The number of aromatic nitrogens is 1. The van der Waals surface area contributed by atoms with Crippen molar-refractivity contribution in [3.05, 3.63) is 47.1 Å². The molecule has 2 fully saturated rings. The second kappa shape index (κ2) is 7.89. The number of hydrogen-bond donors (Lipinski definition) is 1. The van der Waals surface area contributed by atoms with E-state index in [1.807, 2.05) is 0 Å². The van der Waals surface area contributed by atoms with Crippen LogP contribution >= 0.6 is 0 Å². The SMILES string of the molecule is Cc1cc(CC(=O)Nc2cc(F)cc(C(=O)N3C[C@H]4CCN(C)C(=O)[C@H]4C3)c2)on1. The minimum absolute atomic E-state index is 0.0499. The summed E-state index contributed by atoms with van der Waals surface area (Å²) in [6.07, 6.45) is 0.800. The van der Waals surface area contributed by atoms with Gasteiger partial charge in [-0.05, 0) is 37.5 Å². The van der Waals surface area contributed by atoms with Gasteiger partial charge >= 0.3 is 0 Å². The molecule has 0 unspecified atom stereocenters. The number of rotatable bonds is 4. The normalized spacial score (nSPS) is 21.0. The number of likely N-dealkylation sites (tertiary alicyclic amines) is 2. The lowest BCUT2D eigenvalue weighted by molar-refractivity contribution is -0.137. The first-order valence-electron chi connectivity index (χ1n) is 9.87. The molecular formula is C21H23FN4O4. The molecule has 0 spiro atoms. The highest BCUT2D eigenvalue weighted by atomic mass is 19.1. The molecule has 8 nitrogen and oxygen atoms in total. The highest BCUT2D eigenvalue weighted by molar-refractivity contribution is 5.98. The molecule has 4 rings (SSSR count). The third-order valence-electron chi connectivity index (χ3n) is 5.70. The molecule has 2 saturated heterocycles. The Morgan fingerprint density at radius 1 is 1.27 bits per heavy atom. The van der Waals surface area contributed by atoms with E-state index in [1.54, 1.807) is 29.8 Å². The Labute approximate surface area is 173 Å². The first-order chi connectivity index (χ1) is 14.3. The van der Waals surface area contributed by atoms with E-state index in [2.05, 4.69) is 10.5 Å². The van der Waals surface area contributed by atoms with Gasteiger partial charge in [-0.25, -0.2) is 4.39 Å². The molecule has 3 heterocycles. The van der Waals surface area contributed by atoms with Crippen molar-refractivity contribution in [1.29, 1.82) is 0 Å². The molecule has 158 valence electrons. The maximum absolute atomic E-state index is 14.2. The molecule has 0 radical (unpaired) electrons. The van der Waals surface area contributed by atoms with E-state index in [-0.39, 0.29) is 41.3 Å². The van der Waals surface area contributed by atoms with Crippen molar-refractivity contribution in [1.82, 2.24) is 15.0 Å². The summed E-state index contributed by atoms with van der Waals surface area (Å²) in [5.41, 5.74) is 0.986. The number of piperidine rings is 1. The van der Waals surface area contributed by atoms with E-state index in [9.17, 15) is 18.8 Å². The fourth-order valence-electron chi connectivity index (χ4n) is 4.19. The fourth-order valence-corrected chi connectivity index (χ4v) is 4.19. The Morgan fingerprint density at radius 2 is 2.07 bits per heavy atom. The van der Waals surface area contributed by atoms with Gasteiger partial charge < -0.3 is 19.6 Å². The van der Waals surface area contributed by atoms with Crippen molar-refractivity contribution in [2.75, 3.05) is 32.0 Å². The van der Waals surface area contributed by atoms with Crippen LogP contribution in [0.5, 0.6) is 0 Å². The maximum Gasteiger partial charge on any atom is 0.254 e. The Morgan fingerprint density at radius 3 is 2.80 bits per heavy atom. The van der Waals surface area contributed by atoms with E-state index >= 15 is 0 Å². The fraction of sp³-hybridized carbons (Fsp3) is 0.429. The number of halogens is 1. The molecule has 3 amide bonds. The molecular weight excluding hydrogens is 391 g/mol. The van der Waals surface area contributed by atoms with Crippen molar-refractivity contribution in [2.24, 2.45) is 11.8 Å². The molecule has 30 heavy (non-hydrogen) atoms. The first kappa shape index (κ1) is 20.1. The minimum Gasteiger partial charge on any atom is -0.361 e. The summed E-state index contributed by atoms with van der Waals surface area (Å²) >= 11 is 0. The number of nitrogens with zero attached hydrogens (tertiary/aromatic N) is 3. The van der Waals surface area contributed by atoms with Crippen molar-refractivity contribution < 1.29 is 23.3 Å². The van der Waals surface area contributed by atoms with Crippen LogP contribution in [0, 0.1) is 24.6 Å². The van der Waals surface area contributed by atoms with Crippen molar-refractivity contribution in [3.8, 4) is 0 Å². The molecule has 2 aliphatic rings. The lowest BCUT2D eigenvalue weighted by atomic mass is 9.88. The molecule has 1 aromatic heterocycles. The molecule has 2 aromatic rings. The number of carbonyl (C=O) groups excluding carboxylic acids is 3. The summed E-state index contributed by atoms with van der Waals surface area (Å²) in [7, 11) is 1.77. The van der Waals surface area contributed by atoms with Gasteiger partial charge in [-0.1, -0.05) is 5.16 Å². The summed E-state index contributed by atoms with van der Waals surface area (Å²) in [6, 6.07) is 5.40. The molecule has 1 N–H and O–H groups in total. The zero-order chi connectivity index (χ0) is 21.4. The van der Waals surface area contributed by atoms with Crippen LogP contribution in [0.1, 0.15) is 28.2 Å². The molecule has 9 heteroatoms. The van der Waals surface area contributed by atoms with Gasteiger partial charge in [0.25, 0.3) is 5.91 Å². The topological polar surface area (TPSA) is 95.8 Å². The van der Waals surface area contributed by atoms with Gasteiger partial charge in [-0.15, -0.1) is 0 Å². The van der Waals surface area contributed by atoms with Crippen LogP contribution in [0.4, 0.5) is 10.1 Å². The minimum atomic E-state index is -0.626. The van der Waals surface area contributed by atoms with Gasteiger partial charge in [0, 0.05) is 44.0 Å². The Kier molecular flexibility index (Phi) is 5.27. The van der Waals surface area contributed by atoms with Gasteiger partial charge in [0.15, 0.2) is 0 Å². The predicted octanol–water partition coefficient (Wildman–Crippen LogP) is 1.85. The summed E-state index contributed by atoms with van der Waals surface area (Å²) < 4.78 is 19.2. The van der Waals surface area contributed by atoms with Gasteiger partial charge in [-0.2, -0.15) is 0 Å². The first-order valence-corrected chi connectivity index (χ1v) is 9.87. The second-order valence-corrected chi connectivity index (χ2v) is 8.01. The summed E-state index contributed by atoms with van der Waals surface area (Å²) in [6.45, 7) is 3.24. The van der Waals surface area contributed by atoms with Crippen molar-refractivity contribution in [3.63, 3.8) is 0 Å². The number of aryl methyl sites for hydroxylation is 1. The third kappa shape index (κ3) is 4.05. The predicted molar refractivity (Wildman–Crippen MR) is 105 cm³/mol. The molecule has 2 atom stereocenters. The molecule has 0 saturated carbocycles.